The van der Waals surface area contributed by atoms with E-state index >= 15 is 0 Å². The van der Waals surface area contributed by atoms with Crippen LogP contribution in [-0.4, -0.2) is 12.1 Å². The summed E-state index contributed by atoms with van der Waals surface area (Å²) in [5, 5.41) is 9.56. The standard InChI is InChI=1S/C18H13ClN2O2/c1-11-3-8-17(23-11)16-9-14(15(10-20)18(19)21-16)12-4-6-13(22-2)7-5-12/h3-9H,1-2H3. The first-order chi connectivity index (χ1) is 11.1. The van der Waals surface area contributed by atoms with Crippen LogP contribution >= 0.6 is 11.6 Å². The van der Waals surface area contributed by atoms with Crippen LogP contribution in [0.2, 0.25) is 5.15 Å². The Morgan fingerprint density at radius 1 is 1.17 bits per heavy atom. The van der Waals surface area contributed by atoms with Gasteiger partial charge in [-0.15, -0.1) is 0 Å². The molecule has 0 spiro atoms. The highest BCUT2D eigenvalue weighted by molar-refractivity contribution is 6.31. The van der Waals surface area contributed by atoms with Crippen molar-refractivity contribution in [1.82, 2.24) is 4.98 Å². The van der Waals surface area contributed by atoms with Crippen molar-refractivity contribution in [3.63, 3.8) is 0 Å². The Balaban J connectivity index is 2.17. The number of hydrogen-bond donors (Lipinski definition) is 0. The van der Waals surface area contributed by atoms with Gasteiger partial charge in [0, 0.05) is 5.56 Å². The van der Waals surface area contributed by atoms with E-state index in [2.05, 4.69) is 11.1 Å². The molecule has 0 aliphatic rings. The minimum Gasteiger partial charge on any atom is -0.497 e. The predicted octanol–water partition coefficient (Wildman–Crippen LogP) is 4.85. The summed E-state index contributed by atoms with van der Waals surface area (Å²) in [6, 6.07) is 15.0. The number of hydrogen-bond acceptors (Lipinski definition) is 4. The summed E-state index contributed by atoms with van der Waals surface area (Å²) < 4.78 is 10.8. The third-order valence-corrected chi connectivity index (χ3v) is 3.75. The summed E-state index contributed by atoms with van der Waals surface area (Å²) in [4.78, 5) is 4.27. The van der Waals surface area contributed by atoms with Gasteiger partial charge in [-0.25, -0.2) is 4.98 Å². The average molecular weight is 325 g/mol. The quantitative estimate of drug-likeness (QED) is 0.646. The van der Waals surface area contributed by atoms with Gasteiger partial charge in [-0.1, -0.05) is 23.7 Å². The Bertz CT molecular complexity index is 892. The number of nitriles is 1. The zero-order valence-electron chi connectivity index (χ0n) is 12.6. The van der Waals surface area contributed by atoms with Gasteiger partial charge >= 0.3 is 0 Å². The minimum atomic E-state index is 0.157. The number of aromatic nitrogens is 1. The molecule has 4 nitrogen and oxygen atoms in total. The molecule has 0 aliphatic carbocycles. The Morgan fingerprint density at radius 2 is 1.91 bits per heavy atom. The summed E-state index contributed by atoms with van der Waals surface area (Å²) in [7, 11) is 1.61. The molecule has 0 unspecified atom stereocenters. The molecule has 2 aromatic heterocycles. The first-order valence-electron chi connectivity index (χ1n) is 6.94. The van der Waals surface area contributed by atoms with Crippen molar-refractivity contribution in [2.24, 2.45) is 0 Å². The lowest BCUT2D eigenvalue weighted by Gasteiger charge is -2.09. The lowest BCUT2D eigenvalue weighted by molar-refractivity contribution is 0.415. The number of pyridine rings is 1. The van der Waals surface area contributed by atoms with Gasteiger partial charge in [-0.3, -0.25) is 0 Å². The number of furan rings is 1. The first kappa shape index (κ1) is 15.1. The van der Waals surface area contributed by atoms with Crippen molar-refractivity contribution < 1.29 is 9.15 Å². The van der Waals surface area contributed by atoms with E-state index in [1.807, 2.05) is 49.4 Å². The van der Waals surface area contributed by atoms with E-state index < -0.39 is 0 Å². The Hall–Kier alpha value is -2.77. The molecule has 0 saturated heterocycles. The van der Waals surface area contributed by atoms with Crippen molar-refractivity contribution >= 4 is 11.6 Å². The molecule has 0 radical (unpaired) electrons. The maximum Gasteiger partial charge on any atom is 0.152 e. The van der Waals surface area contributed by atoms with E-state index in [-0.39, 0.29) is 5.15 Å². The third-order valence-electron chi connectivity index (χ3n) is 3.48. The van der Waals surface area contributed by atoms with Crippen molar-refractivity contribution in [2.75, 3.05) is 7.11 Å². The van der Waals surface area contributed by atoms with Crippen LogP contribution in [-0.2, 0) is 0 Å². The Labute approximate surface area is 138 Å². The Kier molecular flexibility index (Phi) is 4.05. The highest BCUT2D eigenvalue weighted by Crippen LogP contribution is 2.33. The van der Waals surface area contributed by atoms with Gasteiger partial charge in [0.2, 0.25) is 0 Å². The summed E-state index contributed by atoms with van der Waals surface area (Å²) in [5.41, 5.74) is 2.49. The van der Waals surface area contributed by atoms with Crippen LogP contribution in [0.4, 0.5) is 0 Å². The molecule has 0 aliphatic heterocycles. The van der Waals surface area contributed by atoms with Crippen LogP contribution < -0.4 is 4.74 Å². The van der Waals surface area contributed by atoms with Gasteiger partial charge in [0.25, 0.3) is 0 Å². The molecule has 0 amide bonds. The summed E-state index contributed by atoms with van der Waals surface area (Å²) in [5.74, 6) is 2.14. The number of aryl methyl sites for hydroxylation is 1. The lowest BCUT2D eigenvalue weighted by Crippen LogP contribution is -1.93. The molecular formula is C18H13ClN2O2. The van der Waals surface area contributed by atoms with Gasteiger partial charge in [-0.2, -0.15) is 5.26 Å². The molecule has 23 heavy (non-hydrogen) atoms. The molecule has 3 rings (SSSR count). The van der Waals surface area contributed by atoms with E-state index in [0.29, 0.717) is 22.6 Å². The second-order valence-electron chi connectivity index (χ2n) is 4.97. The number of ether oxygens (including phenoxy) is 1. The molecule has 0 N–H and O–H groups in total. The fourth-order valence-electron chi connectivity index (χ4n) is 2.32. The first-order valence-corrected chi connectivity index (χ1v) is 7.32. The number of benzene rings is 1. The average Bonchev–Trinajstić information content (AvgIpc) is 3.00. The highest BCUT2D eigenvalue weighted by atomic mass is 35.5. The van der Waals surface area contributed by atoms with Crippen LogP contribution in [0.3, 0.4) is 0 Å². The number of methoxy groups -OCH3 is 1. The fraction of sp³-hybridized carbons (Fsp3) is 0.111. The zero-order valence-corrected chi connectivity index (χ0v) is 13.4. The van der Waals surface area contributed by atoms with Crippen LogP contribution in [0.15, 0.2) is 46.9 Å². The van der Waals surface area contributed by atoms with Crippen LogP contribution in [0, 0.1) is 18.3 Å². The largest absolute Gasteiger partial charge is 0.497 e. The topological polar surface area (TPSA) is 59.1 Å². The van der Waals surface area contributed by atoms with Gasteiger partial charge in [0.15, 0.2) is 5.76 Å². The van der Waals surface area contributed by atoms with E-state index in [9.17, 15) is 5.26 Å². The maximum absolute atomic E-state index is 9.40. The smallest absolute Gasteiger partial charge is 0.152 e. The van der Waals surface area contributed by atoms with Crippen molar-refractivity contribution in [1.29, 1.82) is 5.26 Å². The molecular weight excluding hydrogens is 312 g/mol. The molecule has 0 fully saturated rings. The highest BCUT2D eigenvalue weighted by Gasteiger charge is 2.15. The number of nitrogens with zero attached hydrogens (tertiary/aromatic N) is 2. The van der Waals surface area contributed by atoms with Gasteiger partial charge in [-0.05, 0) is 42.8 Å². The molecule has 0 saturated carbocycles. The summed E-state index contributed by atoms with van der Waals surface area (Å²) in [6.07, 6.45) is 0. The SMILES string of the molecule is COc1ccc(-c2cc(-c3ccc(C)o3)nc(Cl)c2C#N)cc1. The molecule has 114 valence electrons. The normalized spacial score (nSPS) is 10.3. The number of rotatable bonds is 3. The van der Waals surface area contributed by atoms with E-state index in [0.717, 1.165) is 17.1 Å². The second-order valence-corrected chi connectivity index (χ2v) is 5.33. The molecule has 0 bridgehead atoms. The molecule has 2 heterocycles. The monoisotopic (exact) mass is 324 g/mol. The van der Waals surface area contributed by atoms with Crippen molar-refractivity contribution in [2.45, 2.75) is 6.92 Å². The van der Waals surface area contributed by atoms with Crippen LogP contribution in [0.25, 0.3) is 22.6 Å². The molecule has 3 aromatic rings. The van der Waals surface area contributed by atoms with E-state index in [1.165, 1.54) is 0 Å². The Morgan fingerprint density at radius 3 is 2.48 bits per heavy atom. The number of halogens is 1. The molecule has 1 aromatic carbocycles. The van der Waals surface area contributed by atoms with Crippen molar-refractivity contribution in [3.8, 4) is 34.4 Å². The van der Waals surface area contributed by atoms with Crippen LogP contribution in [0.1, 0.15) is 11.3 Å². The van der Waals surface area contributed by atoms with Gasteiger partial charge in [0.05, 0.1) is 12.7 Å². The van der Waals surface area contributed by atoms with E-state index in [1.54, 1.807) is 7.11 Å². The maximum atomic E-state index is 9.40. The lowest BCUT2D eigenvalue weighted by atomic mass is 10.0. The van der Waals surface area contributed by atoms with Crippen molar-refractivity contribution in [3.05, 3.63) is 58.9 Å². The van der Waals surface area contributed by atoms with Crippen LogP contribution in [0.5, 0.6) is 5.75 Å². The third kappa shape index (κ3) is 2.92. The van der Waals surface area contributed by atoms with E-state index in [4.69, 9.17) is 20.8 Å². The zero-order chi connectivity index (χ0) is 16.4. The predicted molar refractivity (Wildman–Crippen MR) is 88.4 cm³/mol. The summed E-state index contributed by atoms with van der Waals surface area (Å²) >= 11 is 6.20. The van der Waals surface area contributed by atoms with Gasteiger partial charge < -0.3 is 9.15 Å². The summed E-state index contributed by atoms with van der Waals surface area (Å²) in [6.45, 7) is 1.86. The molecule has 5 heteroatoms. The fourth-order valence-corrected chi connectivity index (χ4v) is 2.55. The molecule has 0 atom stereocenters. The minimum absolute atomic E-state index is 0.157. The van der Waals surface area contributed by atoms with Gasteiger partial charge in [0.1, 0.15) is 28.4 Å². The second kappa shape index (κ2) is 6.15.